The quantitative estimate of drug-likeness (QED) is 0.796. The molecule has 112 valence electrons. The summed E-state index contributed by atoms with van der Waals surface area (Å²) in [6.07, 6.45) is 0.198. The van der Waals surface area contributed by atoms with Gasteiger partial charge in [0.1, 0.15) is 5.69 Å². The number of nitrogens with zero attached hydrogens (tertiary/aromatic N) is 1. The average molecular weight is 294 g/mol. The highest BCUT2D eigenvalue weighted by molar-refractivity contribution is 5.95. The van der Waals surface area contributed by atoms with Crippen LogP contribution in [0.15, 0.2) is 40.9 Å². The van der Waals surface area contributed by atoms with Crippen LogP contribution in [0.1, 0.15) is 22.4 Å². The third kappa shape index (κ3) is 2.72. The van der Waals surface area contributed by atoms with E-state index in [0.717, 1.165) is 22.2 Å². The summed E-state index contributed by atoms with van der Waals surface area (Å²) in [6, 6.07) is 11.7. The minimum absolute atomic E-state index is 0.0888. The second-order valence-corrected chi connectivity index (χ2v) is 5.62. The minimum Gasteiger partial charge on any atom is -0.356 e. The van der Waals surface area contributed by atoms with E-state index in [1.165, 1.54) is 5.56 Å². The van der Waals surface area contributed by atoms with E-state index >= 15 is 0 Å². The number of aryl methyl sites for hydroxylation is 3. The van der Waals surface area contributed by atoms with Crippen molar-refractivity contribution in [3.8, 4) is 0 Å². The summed E-state index contributed by atoms with van der Waals surface area (Å²) in [6.45, 7) is 6.05. The van der Waals surface area contributed by atoms with Gasteiger partial charge in [0.2, 0.25) is 5.91 Å². The van der Waals surface area contributed by atoms with E-state index in [9.17, 15) is 4.79 Å². The summed E-state index contributed by atoms with van der Waals surface area (Å²) in [5.41, 5.74) is 5.56. The summed E-state index contributed by atoms with van der Waals surface area (Å²) in [4.78, 5) is 12.3. The fourth-order valence-corrected chi connectivity index (χ4v) is 2.78. The number of hydrogen-bond acceptors (Lipinski definition) is 3. The molecule has 0 aliphatic rings. The molecule has 2 aromatic carbocycles. The third-order valence-electron chi connectivity index (χ3n) is 3.72. The van der Waals surface area contributed by atoms with Crippen molar-refractivity contribution in [1.29, 1.82) is 0 Å². The molecule has 0 atom stereocenters. The van der Waals surface area contributed by atoms with Gasteiger partial charge in [0, 0.05) is 11.1 Å². The van der Waals surface area contributed by atoms with E-state index < -0.39 is 0 Å². The Hall–Kier alpha value is -2.62. The number of aromatic nitrogens is 1. The van der Waals surface area contributed by atoms with Crippen molar-refractivity contribution in [2.24, 2.45) is 0 Å². The first-order chi connectivity index (χ1) is 10.5. The Labute approximate surface area is 129 Å². The van der Waals surface area contributed by atoms with Crippen LogP contribution in [0.5, 0.6) is 0 Å². The normalized spacial score (nSPS) is 10.9. The summed E-state index contributed by atoms with van der Waals surface area (Å²) in [5, 5.41) is 7.87. The van der Waals surface area contributed by atoms with Gasteiger partial charge in [-0.15, -0.1) is 0 Å². The number of carbonyl (C=O) groups excluding carboxylic acids is 1. The summed E-state index contributed by atoms with van der Waals surface area (Å²) < 4.78 is 5.23. The van der Waals surface area contributed by atoms with Crippen LogP contribution in [-0.4, -0.2) is 11.1 Å². The van der Waals surface area contributed by atoms with Crippen molar-refractivity contribution in [2.45, 2.75) is 27.2 Å². The van der Waals surface area contributed by atoms with Crippen LogP contribution in [0, 0.1) is 20.8 Å². The zero-order chi connectivity index (χ0) is 15.7. The van der Waals surface area contributed by atoms with Crippen LogP contribution >= 0.6 is 0 Å². The Balaban J connectivity index is 1.81. The molecular formula is C18H18N2O2. The Morgan fingerprint density at radius 3 is 2.55 bits per heavy atom. The van der Waals surface area contributed by atoms with Gasteiger partial charge in [-0.2, -0.15) is 0 Å². The van der Waals surface area contributed by atoms with Crippen LogP contribution < -0.4 is 5.32 Å². The Morgan fingerprint density at radius 2 is 1.82 bits per heavy atom. The highest BCUT2D eigenvalue weighted by atomic mass is 16.5. The summed E-state index contributed by atoms with van der Waals surface area (Å²) >= 11 is 0. The maximum atomic E-state index is 12.3. The smallest absolute Gasteiger partial charge is 0.230 e. The molecule has 1 heterocycles. The fraction of sp³-hybridized carbons (Fsp3) is 0.222. The first kappa shape index (κ1) is 14.3. The predicted octanol–water partition coefficient (Wildman–Crippen LogP) is 3.93. The molecule has 0 aliphatic heterocycles. The van der Waals surface area contributed by atoms with Gasteiger partial charge in [0.05, 0.1) is 6.42 Å². The van der Waals surface area contributed by atoms with Crippen molar-refractivity contribution in [1.82, 2.24) is 5.16 Å². The summed E-state index contributed by atoms with van der Waals surface area (Å²) in [5.74, 6) is -0.0888. The van der Waals surface area contributed by atoms with Crippen molar-refractivity contribution in [3.63, 3.8) is 0 Å². The monoisotopic (exact) mass is 294 g/mol. The van der Waals surface area contributed by atoms with Crippen molar-refractivity contribution in [3.05, 3.63) is 58.8 Å². The lowest BCUT2D eigenvalue weighted by atomic mass is 10.0. The predicted molar refractivity (Wildman–Crippen MR) is 87.0 cm³/mol. The largest absolute Gasteiger partial charge is 0.356 e. The highest BCUT2D eigenvalue weighted by Gasteiger charge is 2.14. The van der Waals surface area contributed by atoms with Crippen LogP contribution in [0.3, 0.4) is 0 Å². The molecule has 0 saturated heterocycles. The van der Waals surface area contributed by atoms with Crippen molar-refractivity contribution < 1.29 is 9.32 Å². The van der Waals surface area contributed by atoms with Crippen molar-refractivity contribution in [2.75, 3.05) is 5.32 Å². The molecule has 1 aromatic heterocycles. The molecule has 0 unspecified atom stereocenters. The van der Waals surface area contributed by atoms with E-state index in [0.29, 0.717) is 11.3 Å². The third-order valence-corrected chi connectivity index (χ3v) is 3.72. The van der Waals surface area contributed by atoms with Crippen LogP contribution in [0.2, 0.25) is 0 Å². The molecule has 22 heavy (non-hydrogen) atoms. The molecule has 3 aromatic rings. The number of carbonyl (C=O) groups is 1. The fourth-order valence-electron chi connectivity index (χ4n) is 2.78. The lowest BCUT2D eigenvalue weighted by molar-refractivity contribution is -0.115. The number of fused-ring (bicyclic) bond motifs is 1. The lowest BCUT2D eigenvalue weighted by Crippen LogP contribution is -2.16. The lowest BCUT2D eigenvalue weighted by Gasteiger charge is -2.12. The van der Waals surface area contributed by atoms with Gasteiger partial charge in [0.15, 0.2) is 5.58 Å². The first-order valence-corrected chi connectivity index (χ1v) is 7.25. The van der Waals surface area contributed by atoms with E-state index in [1.807, 2.05) is 45.0 Å². The van der Waals surface area contributed by atoms with Crippen LogP contribution in [-0.2, 0) is 11.2 Å². The SMILES string of the molecule is Cc1cc(C)c(NC(=O)Cc2noc3ccccc23)c(C)c1. The molecule has 3 rings (SSSR count). The number of para-hydroxylation sites is 1. The number of amides is 1. The maximum absolute atomic E-state index is 12.3. The van der Waals surface area contributed by atoms with E-state index in [-0.39, 0.29) is 12.3 Å². The first-order valence-electron chi connectivity index (χ1n) is 7.25. The Bertz CT molecular complexity index is 826. The Morgan fingerprint density at radius 1 is 1.14 bits per heavy atom. The van der Waals surface area contributed by atoms with Crippen LogP contribution in [0.25, 0.3) is 11.0 Å². The second-order valence-electron chi connectivity index (χ2n) is 5.62. The van der Waals surface area contributed by atoms with Gasteiger partial charge < -0.3 is 9.84 Å². The molecule has 1 amide bonds. The van der Waals surface area contributed by atoms with E-state index in [1.54, 1.807) is 0 Å². The molecular weight excluding hydrogens is 276 g/mol. The average Bonchev–Trinajstić information content (AvgIpc) is 2.86. The van der Waals surface area contributed by atoms with Gasteiger partial charge in [-0.3, -0.25) is 4.79 Å². The minimum atomic E-state index is -0.0888. The van der Waals surface area contributed by atoms with E-state index in [4.69, 9.17) is 4.52 Å². The number of anilines is 1. The molecule has 4 heteroatoms. The summed E-state index contributed by atoms with van der Waals surface area (Å²) in [7, 11) is 0. The molecule has 0 bridgehead atoms. The maximum Gasteiger partial charge on any atom is 0.230 e. The topological polar surface area (TPSA) is 55.1 Å². The van der Waals surface area contributed by atoms with Gasteiger partial charge in [-0.05, 0) is 44.0 Å². The van der Waals surface area contributed by atoms with E-state index in [2.05, 4.69) is 22.6 Å². The van der Waals surface area contributed by atoms with Gasteiger partial charge >= 0.3 is 0 Å². The number of hydrogen-bond donors (Lipinski definition) is 1. The number of rotatable bonds is 3. The van der Waals surface area contributed by atoms with Gasteiger partial charge in [-0.1, -0.05) is 35.0 Å². The van der Waals surface area contributed by atoms with Gasteiger partial charge in [0.25, 0.3) is 0 Å². The molecule has 4 nitrogen and oxygen atoms in total. The zero-order valence-electron chi connectivity index (χ0n) is 12.9. The molecule has 0 radical (unpaired) electrons. The van der Waals surface area contributed by atoms with Crippen molar-refractivity contribution >= 4 is 22.6 Å². The molecule has 1 N–H and O–H groups in total. The number of nitrogens with one attached hydrogen (secondary N) is 1. The highest BCUT2D eigenvalue weighted by Crippen LogP contribution is 2.23. The number of benzene rings is 2. The second kappa shape index (κ2) is 5.64. The van der Waals surface area contributed by atoms with Crippen LogP contribution in [0.4, 0.5) is 5.69 Å². The molecule has 0 saturated carbocycles. The molecule has 0 spiro atoms. The molecule has 0 fully saturated rings. The molecule has 0 aliphatic carbocycles. The Kier molecular flexibility index (Phi) is 3.67. The van der Waals surface area contributed by atoms with Gasteiger partial charge in [-0.25, -0.2) is 0 Å². The standard InChI is InChI=1S/C18H18N2O2/c1-11-8-12(2)18(13(3)9-11)19-17(21)10-15-14-6-4-5-7-16(14)22-20-15/h4-9H,10H2,1-3H3,(H,19,21). The zero-order valence-corrected chi connectivity index (χ0v) is 12.9.